The summed E-state index contributed by atoms with van der Waals surface area (Å²) >= 11 is 0. The van der Waals surface area contributed by atoms with Crippen LogP contribution < -0.4 is 5.32 Å². The van der Waals surface area contributed by atoms with Crippen LogP contribution in [0.15, 0.2) is 24.3 Å². The monoisotopic (exact) mass is 527 g/mol. The summed E-state index contributed by atoms with van der Waals surface area (Å²) in [6.45, 7) is 14.5. The van der Waals surface area contributed by atoms with Crippen LogP contribution in [0.25, 0.3) is 0 Å². The molecule has 8 nitrogen and oxygen atoms in total. The second-order valence-corrected chi connectivity index (χ2v) is 11.7. The lowest BCUT2D eigenvalue weighted by Gasteiger charge is -2.39. The summed E-state index contributed by atoms with van der Waals surface area (Å²) in [4.78, 5) is 33.6. The molecule has 1 aromatic heterocycles. The number of ether oxygens (including phenoxy) is 1. The van der Waals surface area contributed by atoms with Crippen molar-refractivity contribution in [2.45, 2.75) is 97.5 Å². The number of carbonyl (C=O) groups excluding carboxylic acids is 2. The first-order valence-corrected chi connectivity index (χ1v) is 13.7. The van der Waals surface area contributed by atoms with Gasteiger partial charge in [0.05, 0.1) is 18.3 Å². The maximum atomic E-state index is 14.0. The number of alkyl carbamates (subject to hydrolysis) is 1. The van der Waals surface area contributed by atoms with E-state index in [1.54, 1.807) is 13.0 Å². The van der Waals surface area contributed by atoms with Crippen LogP contribution in [0.1, 0.15) is 88.7 Å². The van der Waals surface area contributed by atoms with Crippen LogP contribution in [0.4, 0.5) is 9.18 Å². The number of fused-ring (bicyclic) bond motifs is 1. The van der Waals surface area contributed by atoms with Crippen LogP contribution in [0, 0.1) is 12.7 Å². The Labute approximate surface area is 225 Å². The molecule has 2 atom stereocenters. The van der Waals surface area contributed by atoms with Gasteiger partial charge >= 0.3 is 6.09 Å². The molecule has 1 aromatic carbocycles. The Bertz CT molecular complexity index is 1150. The van der Waals surface area contributed by atoms with Crippen molar-refractivity contribution in [2.75, 3.05) is 19.6 Å². The van der Waals surface area contributed by atoms with Crippen molar-refractivity contribution in [1.29, 1.82) is 0 Å². The lowest BCUT2D eigenvalue weighted by molar-refractivity contribution is -0.129. The Hall–Kier alpha value is -2.94. The summed E-state index contributed by atoms with van der Waals surface area (Å²) < 4.78 is 21.9. The van der Waals surface area contributed by atoms with Gasteiger partial charge in [0.25, 0.3) is 0 Å². The number of nitrogens with one attached hydrogen (secondary N) is 1. The minimum absolute atomic E-state index is 0.0999. The third-order valence-electron chi connectivity index (χ3n) is 7.68. The van der Waals surface area contributed by atoms with Crippen molar-refractivity contribution in [2.24, 2.45) is 0 Å². The minimum atomic E-state index is -0.612. The molecule has 4 rings (SSSR count). The maximum absolute atomic E-state index is 14.0. The number of imidazole rings is 1. The Balaban J connectivity index is 1.41. The van der Waals surface area contributed by atoms with E-state index in [-0.39, 0.29) is 23.8 Å². The van der Waals surface area contributed by atoms with Crippen molar-refractivity contribution in [3.8, 4) is 0 Å². The second kappa shape index (κ2) is 11.4. The Morgan fingerprint density at radius 3 is 2.55 bits per heavy atom. The maximum Gasteiger partial charge on any atom is 0.408 e. The summed E-state index contributed by atoms with van der Waals surface area (Å²) in [5.74, 6) is 0.805. The molecule has 2 aromatic rings. The number of aryl methyl sites for hydroxylation is 1. The molecular formula is C29H42FN5O3. The van der Waals surface area contributed by atoms with Crippen molar-refractivity contribution in [3.05, 3.63) is 52.9 Å². The quantitative estimate of drug-likeness (QED) is 0.577. The van der Waals surface area contributed by atoms with E-state index in [4.69, 9.17) is 9.72 Å². The van der Waals surface area contributed by atoms with E-state index in [9.17, 15) is 14.0 Å². The van der Waals surface area contributed by atoms with Gasteiger partial charge in [0.2, 0.25) is 5.91 Å². The van der Waals surface area contributed by atoms with Crippen molar-refractivity contribution < 1.29 is 18.7 Å². The van der Waals surface area contributed by atoms with Gasteiger partial charge < -0.3 is 24.4 Å². The number of hydrogen-bond acceptors (Lipinski definition) is 5. The SMILES string of the molecule is CC(=O)N1CCc2c(nc(C)n2C2CCN(C(C)C[C@H](NC(=O)OC(C)(C)C)c3cccc(F)c3)CC2)C1. The Kier molecular flexibility index (Phi) is 8.45. The molecular weight excluding hydrogens is 485 g/mol. The number of hydrogen-bond donors (Lipinski definition) is 1. The third-order valence-corrected chi connectivity index (χ3v) is 7.68. The number of rotatable bonds is 6. The molecule has 1 saturated heterocycles. The molecule has 1 N–H and O–H groups in total. The predicted molar refractivity (Wildman–Crippen MR) is 144 cm³/mol. The molecule has 0 radical (unpaired) electrons. The van der Waals surface area contributed by atoms with Gasteiger partial charge in [-0.3, -0.25) is 4.79 Å². The Morgan fingerprint density at radius 1 is 1.21 bits per heavy atom. The molecule has 2 aliphatic heterocycles. The number of aromatic nitrogens is 2. The van der Waals surface area contributed by atoms with Gasteiger partial charge in [0, 0.05) is 50.8 Å². The first-order chi connectivity index (χ1) is 17.9. The van der Waals surface area contributed by atoms with E-state index in [2.05, 4.69) is 28.6 Å². The molecule has 2 amide bonds. The van der Waals surface area contributed by atoms with E-state index < -0.39 is 11.7 Å². The normalized spacial score (nSPS) is 18.6. The number of piperidine rings is 1. The zero-order chi connectivity index (χ0) is 27.6. The molecule has 0 aliphatic carbocycles. The third kappa shape index (κ3) is 6.73. The van der Waals surface area contributed by atoms with E-state index in [1.807, 2.05) is 31.7 Å². The van der Waals surface area contributed by atoms with Crippen LogP contribution in [0.2, 0.25) is 0 Å². The fourth-order valence-electron chi connectivity index (χ4n) is 5.82. The topological polar surface area (TPSA) is 79.7 Å². The first kappa shape index (κ1) is 28.1. The fraction of sp³-hybridized carbons (Fsp3) is 0.621. The number of halogens is 1. The highest BCUT2D eigenvalue weighted by molar-refractivity contribution is 5.73. The minimum Gasteiger partial charge on any atom is -0.444 e. The van der Waals surface area contributed by atoms with Gasteiger partial charge in [-0.15, -0.1) is 0 Å². The van der Waals surface area contributed by atoms with Crippen molar-refractivity contribution in [1.82, 2.24) is 24.7 Å². The molecule has 0 bridgehead atoms. The zero-order valence-electron chi connectivity index (χ0n) is 23.6. The number of benzene rings is 1. The van der Waals surface area contributed by atoms with Crippen molar-refractivity contribution in [3.63, 3.8) is 0 Å². The van der Waals surface area contributed by atoms with E-state index in [0.29, 0.717) is 19.0 Å². The van der Waals surface area contributed by atoms with Gasteiger partial charge in [-0.1, -0.05) is 12.1 Å². The molecule has 1 fully saturated rings. The number of likely N-dealkylation sites (tertiary alicyclic amines) is 1. The summed E-state index contributed by atoms with van der Waals surface area (Å²) in [5.41, 5.74) is 2.43. The molecule has 1 unspecified atom stereocenters. The average molecular weight is 528 g/mol. The highest BCUT2D eigenvalue weighted by atomic mass is 19.1. The highest BCUT2D eigenvalue weighted by Gasteiger charge is 2.31. The summed E-state index contributed by atoms with van der Waals surface area (Å²) in [5, 5.41) is 2.98. The summed E-state index contributed by atoms with van der Waals surface area (Å²) in [7, 11) is 0. The zero-order valence-corrected chi connectivity index (χ0v) is 23.6. The molecule has 38 heavy (non-hydrogen) atoms. The summed E-state index contributed by atoms with van der Waals surface area (Å²) in [6, 6.07) is 6.63. The van der Waals surface area contributed by atoms with Crippen LogP contribution in [-0.4, -0.2) is 62.6 Å². The van der Waals surface area contributed by atoms with E-state index in [0.717, 1.165) is 56.0 Å². The molecule has 208 valence electrons. The lowest BCUT2D eigenvalue weighted by Crippen LogP contribution is -2.43. The molecule has 0 saturated carbocycles. The van der Waals surface area contributed by atoms with E-state index >= 15 is 0 Å². The molecule has 0 spiro atoms. The second-order valence-electron chi connectivity index (χ2n) is 11.7. The summed E-state index contributed by atoms with van der Waals surface area (Å²) in [6.07, 6.45) is 3.01. The average Bonchev–Trinajstić information content (AvgIpc) is 3.17. The van der Waals surface area contributed by atoms with Crippen LogP contribution >= 0.6 is 0 Å². The fourth-order valence-corrected chi connectivity index (χ4v) is 5.82. The van der Waals surface area contributed by atoms with Crippen molar-refractivity contribution >= 4 is 12.0 Å². The highest BCUT2D eigenvalue weighted by Crippen LogP contribution is 2.32. The van der Waals surface area contributed by atoms with E-state index in [1.165, 1.54) is 17.8 Å². The first-order valence-electron chi connectivity index (χ1n) is 13.7. The standard InChI is InChI=1S/C29H42FN5O3/c1-19(16-25(22-8-7-9-23(30)17-22)32-28(37)38-29(4,5)6)33-13-10-24(11-14-33)35-20(2)31-26-18-34(21(3)36)15-12-27(26)35/h7-9,17,19,24-25H,10-16,18H2,1-6H3,(H,32,37)/t19?,25-/m0/s1. The van der Waals surface area contributed by atoms with Gasteiger partial charge in [0.1, 0.15) is 17.2 Å². The van der Waals surface area contributed by atoms with Crippen LogP contribution in [0.5, 0.6) is 0 Å². The predicted octanol–water partition coefficient (Wildman–Crippen LogP) is 4.92. The molecule has 3 heterocycles. The number of carbonyl (C=O) groups is 2. The van der Waals surface area contributed by atoms with Gasteiger partial charge in [0.15, 0.2) is 0 Å². The smallest absolute Gasteiger partial charge is 0.408 e. The van der Waals surface area contributed by atoms with Gasteiger partial charge in [-0.2, -0.15) is 0 Å². The van der Waals surface area contributed by atoms with Crippen LogP contribution in [-0.2, 0) is 22.5 Å². The van der Waals surface area contributed by atoms with Gasteiger partial charge in [-0.25, -0.2) is 14.2 Å². The number of amides is 2. The number of nitrogens with zero attached hydrogens (tertiary/aromatic N) is 4. The largest absolute Gasteiger partial charge is 0.444 e. The Morgan fingerprint density at radius 2 is 1.92 bits per heavy atom. The molecule has 2 aliphatic rings. The lowest BCUT2D eigenvalue weighted by atomic mass is 9.96. The van der Waals surface area contributed by atoms with Crippen LogP contribution in [0.3, 0.4) is 0 Å². The molecule has 9 heteroatoms. The van der Waals surface area contributed by atoms with Gasteiger partial charge in [-0.05, 0) is 71.6 Å².